The van der Waals surface area contributed by atoms with E-state index in [1.807, 2.05) is 0 Å². The summed E-state index contributed by atoms with van der Waals surface area (Å²) < 4.78 is 26.2. The fraction of sp³-hybridized carbons (Fsp3) is 0.407. The maximum Gasteiger partial charge on any atom is 0.303 e. The predicted octanol–water partition coefficient (Wildman–Crippen LogP) is 2.52. The molecule has 2 aromatic rings. The molecule has 0 aliphatic rings. The first-order chi connectivity index (χ1) is 19.7. The van der Waals surface area contributed by atoms with Gasteiger partial charge in [0.15, 0.2) is 30.2 Å². The number of hydrazone groups is 1. The Balaban J connectivity index is 2.62. The zero-order valence-corrected chi connectivity index (χ0v) is 24.4. The molecule has 0 saturated heterocycles. The van der Waals surface area contributed by atoms with Gasteiger partial charge in [-0.2, -0.15) is 10.1 Å². The number of anilines is 1. The fourth-order valence-corrected chi connectivity index (χ4v) is 3.86. The van der Waals surface area contributed by atoms with E-state index in [-0.39, 0.29) is 5.82 Å². The van der Waals surface area contributed by atoms with Gasteiger partial charge in [0.25, 0.3) is 0 Å². The number of esters is 5. The highest BCUT2D eigenvalue weighted by molar-refractivity contribution is 6.31. The monoisotopic (exact) mass is 607 g/mol. The van der Waals surface area contributed by atoms with Crippen molar-refractivity contribution in [1.82, 2.24) is 4.98 Å². The topological polar surface area (TPSA) is 177 Å². The maximum atomic E-state index is 12.6. The molecule has 42 heavy (non-hydrogen) atoms. The first-order valence-corrected chi connectivity index (χ1v) is 12.8. The number of halogens is 1. The lowest BCUT2D eigenvalue weighted by molar-refractivity contribution is -0.197. The summed E-state index contributed by atoms with van der Waals surface area (Å²) >= 11 is 6.03. The standard InChI is InChI=1S/C27H30ClN3O11/c1-14(32)31(25-10-7-20-11-21(28)8-9-22(20)30-25)29-12-23(39-16(3)34)26(41-18(5)36)27(42-19(6)37)24(40-17(4)35)13-38-15(2)33/h7-12,23-24,26-27H,13H2,1-6H3/b29-12+/t23-,24-,26-,27-/m1/s1. The third kappa shape index (κ3) is 10.4. The van der Waals surface area contributed by atoms with Gasteiger partial charge in [-0.15, -0.1) is 0 Å². The fourth-order valence-electron chi connectivity index (χ4n) is 3.68. The van der Waals surface area contributed by atoms with Crippen LogP contribution in [0.25, 0.3) is 10.9 Å². The molecule has 0 fully saturated rings. The number of carbonyl (C=O) groups excluding carboxylic acids is 6. The normalized spacial score (nSPS) is 13.8. The molecule has 0 N–H and O–H groups in total. The largest absolute Gasteiger partial charge is 0.462 e. The number of aromatic nitrogens is 1. The molecular formula is C27H30ClN3O11. The number of benzene rings is 1. The van der Waals surface area contributed by atoms with E-state index >= 15 is 0 Å². The van der Waals surface area contributed by atoms with Gasteiger partial charge in [0, 0.05) is 52.0 Å². The highest BCUT2D eigenvalue weighted by atomic mass is 35.5. The molecule has 0 radical (unpaired) electrons. The van der Waals surface area contributed by atoms with Crippen LogP contribution in [0.2, 0.25) is 5.02 Å². The number of rotatable bonds is 12. The number of amides is 1. The molecular weight excluding hydrogens is 578 g/mol. The Kier molecular flexibility index (Phi) is 12.3. The average Bonchev–Trinajstić information content (AvgIpc) is 2.87. The molecule has 1 aromatic heterocycles. The summed E-state index contributed by atoms with van der Waals surface area (Å²) in [6.45, 7) is 5.83. The highest BCUT2D eigenvalue weighted by Gasteiger charge is 2.43. The van der Waals surface area contributed by atoms with Crippen molar-refractivity contribution < 1.29 is 52.5 Å². The van der Waals surface area contributed by atoms with E-state index < -0.39 is 66.8 Å². The van der Waals surface area contributed by atoms with Gasteiger partial charge in [-0.1, -0.05) is 11.6 Å². The molecule has 14 nitrogen and oxygen atoms in total. The number of nitrogens with zero attached hydrogens (tertiary/aromatic N) is 3. The van der Waals surface area contributed by atoms with Gasteiger partial charge in [0.1, 0.15) is 6.61 Å². The zero-order valence-electron chi connectivity index (χ0n) is 23.7. The number of pyridine rings is 1. The van der Waals surface area contributed by atoms with Gasteiger partial charge in [-0.25, -0.2) is 4.98 Å². The average molecular weight is 608 g/mol. The lowest BCUT2D eigenvalue weighted by Gasteiger charge is -2.34. The van der Waals surface area contributed by atoms with Gasteiger partial charge in [0.2, 0.25) is 5.91 Å². The lowest BCUT2D eigenvalue weighted by atomic mass is 10.0. The summed E-state index contributed by atoms with van der Waals surface area (Å²) in [7, 11) is 0. The SMILES string of the molecule is CC(=O)OC[C@@H](OC(C)=O)[C@@H](OC(C)=O)[C@H](OC(C)=O)[C@@H](/C=N/N(C(C)=O)c1ccc2cc(Cl)ccc2n1)OC(C)=O. The first kappa shape index (κ1) is 33.6. The minimum Gasteiger partial charge on any atom is -0.462 e. The molecule has 2 rings (SSSR count). The summed E-state index contributed by atoms with van der Waals surface area (Å²) in [4.78, 5) is 76.6. The van der Waals surface area contributed by atoms with E-state index in [0.29, 0.717) is 15.9 Å². The van der Waals surface area contributed by atoms with E-state index in [2.05, 4.69) is 10.1 Å². The molecule has 0 spiro atoms. The van der Waals surface area contributed by atoms with Crippen molar-refractivity contribution in [2.45, 2.75) is 66.0 Å². The Morgan fingerprint density at radius 2 is 1.40 bits per heavy atom. The van der Waals surface area contributed by atoms with Crippen molar-refractivity contribution in [2.24, 2.45) is 5.10 Å². The zero-order chi connectivity index (χ0) is 31.6. The van der Waals surface area contributed by atoms with Gasteiger partial charge in [0.05, 0.1) is 11.7 Å². The van der Waals surface area contributed by atoms with Crippen LogP contribution < -0.4 is 5.01 Å². The number of hydrogen-bond acceptors (Lipinski definition) is 13. The van der Waals surface area contributed by atoms with Crippen LogP contribution in [-0.4, -0.2) is 78.0 Å². The van der Waals surface area contributed by atoms with E-state index in [1.54, 1.807) is 24.3 Å². The van der Waals surface area contributed by atoms with Crippen LogP contribution in [0.5, 0.6) is 0 Å². The van der Waals surface area contributed by atoms with E-state index in [1.165, 1.54) is 13.0 Å². The van der Waals surface area contributed by atoms with Crippen molar-refractivity contribution in [3.63, 3.8) is 0 Å². The van der Waals surface area contributed by atoms with Crippen molar-refractivity contribution in [3.05, 3.63) is 35.4 Å². The summed E-state index contributed by atoms with van der Waals surface area (Å²) in [6.07, 6.45) is -5.53. The van der Waals surface area contributed by atoms with E-state index in [4.69, 9.17) is 35.3 Å². The van der Waals surface area contributed by atoms with Gasteiger partial charge in [-0.05, 0) is 30.3 Å². The van der Waals surface area contributed by atoms with Gasteiger partial charge in [-0.3, -0.25) is 28.8 Å². The van der Waals surface area contributed by atoms with Crippen LogP contribution in [0.4, 0.5) is 5.82 Å². The Hall–Kier alpha value is -4.59. The van der Waals surface area contributed by atoms with Crippen molar-refractivity contribution in [3.8, 4) is 0 Å². The van der Waals surface area contributed by atoms with E-state index in [0.717, 1.165) is 45.8 Å². The number of ether oxygens (including phenoxy) is 5. The third-order valence-corrected chi connectivity index (χ3v) is 5.40. The Labute approximate surface area is 245 Å². The molecule has 15 heteroatoms. The van der Waals surface area contributed by atoms with Crippen LogP contribution in [0.1, 0.15) is 41.5 Å². The Morgan fingerprint density at radius 3 is 1.95 bits per heavy atom. The summed E-state index contributed by atoms with van der Waals surface area (Å²) in [5.74, 6) is -4.79. The summed E-state index contributed by atoms with van der Waals surface area (Å²) in [5.41, 5.74) is 0.497. The molecule has 0 bridgehead atoms. The van der Waals surface area contributed by atoms with E-state index in [9.17, 15) is 28.8 Å². The maximum absolute atomic E-state index is 12.6. The molecule has 0 aliphatic carbocycles. The van der Waals surface area contributed by atoms with Gasteiger partial charge < -0.3 is 23.7 Å². The minimum atomic E-state index is -1.69. The smallest absolute Gasteiger partial charge is 0.303 e. The molecule has 1 heterocycles. The number of carbonyl (C=O) groups is 6. The van der Waals surface area contributed by atoms with Crippen LogP contribution in [0.3, 0.4) is 0 Å². The third-order valence-electron chi connectivity index (χ3n) is 5.17. The highest BCUT2D eigenvalue weighted by Crippen LogP contribution is 2.23. The van der Waals surface area contributed by atoms with Gasteiger partial charge >= 0.3 is 29.8 Å². The Morgan fingerprint density at radius 1 is 0.810 bits per heavy atom. The predicted molar refractivity (Wildman–Crippen MR) is 147 cm³/mol. The minimum absolute atomic E-state index is 0.0865. The lowest BCUT2D eigenvalue weighted by Crippen LogP contribution is -2.53. The van der Waals surface area contributed by atoms with Crippen LogP contribution in [-0.2, 0) is 52.5 Å². The quantitative estimate of drug-likeness (QED) is 0.149. The summed E-state index contributed by atoms with van der Waals surface area (Å²) in [5, 5.41) is 6.19. The summed E-state index contributed by atoms with van der Waals surface area (Å²) in [6, 6.07) is 8.10. The Bertz CT molecular complexity index is 1380. The van der Waals surface area contributed by atoms with Crippen molar-refractivity contribution >= 4 is 70.3 Å². The van der Waals surface area contributed by atoms with Crippen molar-refractivity contribution in [1.29, 1.82) is 0 Å². The number of fused-ring (bicyclic) bond motifs is 1. The van der Waals surface area contributed by atoms with Crippen LogP contribution in [0, 0.1) is 0 Å². The second-order valence-corrected chi connectivity index (χ2v) is 9.21. The molecule has 226 valence electrons. The molecule has 0 saturated carbocycles. The second kappa shape index (κ2) is 15.4. The molecule has 1 amide bonds. The first-order valence-electron chi connectivity index (χ1n) is 12.4. The van der Waals surface area contributed by atoms with Crippen molar-refractivity contribution in [2.75, 3.05) is 11.6 Å². The van der Waals surface area contributed by atoms with Crippen LogP contribution in [0.15, 0.2) is 35.4 Å². The molecule has 0 unspecified atom stereocenters. The van der Waals surface area contributed by atoms with Crippen LogP contribution >= 0.6 is 11.6 Å². The second-order valence-electron chi connectivity index (χ2n) is 8.77. The number of hydrogen-bond donors (Lipinski definition) is 0. The molecule has 1 aromatic carbocycles. The molecule has 4 atom stereocenters. The molecule has 0 aliphatic heterocycles.